The minimum Gasteiger partial charge on any atom is -0.255 e. The highest BCUT2D eigenvalue weighted by Crippen LogP contribution is 2.22. The molecule has 0 atom stereocenters. The molecule has 1 heterocycles. The fraction of sp³-hybridized carbons (Fsp3) is 0.0588. The molecule has 2 aromatic carbocycles. The van der Waals surface area contributed by atoms with E-state index in [1.807, 2.05) is 18.2 Å². The van der Waals surface area contributed by atoms with Gasteiger partial charge in [0.05, 0.1) is 16.5 Å². The zero-order valence-electron chi connectivity index (χ0n) is 12.8. The fourth-order valence-corrected chi connectivity index (χ4v) is 4.32. The Hall–Kier alpha value is -2.40. The molecule has 0 bridgehead atoms. The number of thiazole rings is 1. The summed E-state index contributed by atoms with van der Waals surface area (Å²) in [4.78, 5) is 3.92. The van der Waals surface area contributed by atoms with Crippen LogP contribution in [-0.2, 0) is 16.4 Å². The Balaban J connectivity index is 1.90. The molecule has 0 spiro atoms. The minimum atomic E-state index is -3.79. The lowest BCUT2D eigenvalue weighted by Crippen LogP contribution is -2.13. The fourth-order valence-electron chi connectivity index (χ4n) is 2.30. The second kappa shape index (κ2) is 7.23. The molecule has 5 nitrogen and oxygen atoms in total. The quantitative estimate of drug-likeness (QED) is 0.713. The molecule has 0 amide bonds. The van der Waals surface area contributed by atoms with Gasteiger partial charge in [0.15, 0.2) is 5.13 Å². The summed E-state index contributed by atoms with van der Waals surface area (Å²) in [6, 6.07) is 13.9. The van der Waals surface area contributed by atoms with Gasteiger partial charge in [-0.15, -0.1) is 11.3 Å². The molecular weight excluding hydrogens is 378 g/mol. The van der Waals surface area contributed by atoms with Crippen LogP contribution in [-0.4, -0.2) is 13.4 Å². The molecule has 8 heteroatoms. The molecule has 25 heavy (non-hydrogen) atoms. The van der Waals surface area contributed by atoms with Gasteiger partial charge in [-0.1, -0.05) is 29.8 Å². The van der Waals surface area contributed by atoms with E-state index >= 15 is 0 Å². The highest BCUT2D eigenvalue weighted by atomic mass is 35.5. The number of halogens is 1. The van der Waals surface area contributed by atoms with Crippen molar-refractivity contribution in [3.63, 3.8) is 0 Å². The van der Waals surface area contributed by atoms with Gasteiger partial charge < -0.3 is 0 Å². The Labute approximate surface area is 154 Å². The maximum absolute atomic E-state index is 12.4. The predicted octanol–water partition coefficient (Wildman–Crippen LogP) is 4.06. The second-order valence-corrected chi connectivity index (χ2v) is 8.19. The summed E-state index contributed by atoms with van der Waals surface area (Å²) in [7, 11) is -3.79. The second-order valence-electron chi connectivity index (χ2n) is 5.18. The number of nitrogens with one attached hydrogen (secondary N) is 1. The molecular formula is C17H12ClN3O2S2. The summed E-state index contributed by atoms with van der Waals surface area (Å²) in [5.74, 6) is 0. The molecule has 1 N–H and O–H groups in total. The summed E-state index contributed by atoms with van der Waals surface area (Å²) in [5, 5.41) is 12.0. The first kappa shape index (κ1) is 17.4. The monoisotopic (exact) mass is 389 g/mol. The molecule has 1 aromatic heterocycles. The Kier molecular flexibility index (Phi) is 5.04. The highest BCUT2D eigenvalue weighted by Gasteiger charge is 2.17. The Morgan fingerprint density at radius 1 is 1.24 bits per heavy atom. The van der Waals surface area contributed by atoms with E-state index in [4.69, 9.17) is 11.6 Å². The van der Waals surface area contributed by atoms with Crippen molar-refractivity contribution in [2.24, 2.45) is 0 Å². The Morgan fingerprint density at radius 2 is 2.08 bits per heavy atom. The molecule has 0 aliphatic heterocycles. The average Bonchev–Trinajstić information content (AvgIpc) is 3.07. The van der Waals surface area contributed by atoms with Crippen molar-refractivity contribution in [1.82, 2.24) is 4.98 Å². The zero-order valence-corrected chi connectivity index (χ0v) is 15.2. The lowest BCUT2D eigenvalue weighted by Gasteiger charge is -2.09. The van der Waals surface area contributed by atoms with E-state index in [9.17, 15) is 13.7 Å². The molecule has 0 fully saturated rings. The third-order valence-electron chi connectivity index (χ3n) is 3.45. The molecule has 0 radical (unpaired) electrons. The van der Waals surface area contributed by atoms with Crippen LogP contribution in [0, 0.1) is 11.3 Å². The average molecular weight is 390 g/mol. The van der Waals surface area contributed by atoms with Gasteiger partial charge in [-0.05, 0) is 41.8 Å². The van der Waals surface area contributed by atoms with Crippen molar-refractivity contribution in [3.8, 4) is 6.07 Å². The van der Waals surface area contributed by atoms with Gasteiger partial charge in [-0.3, -0.25) is 4.72 Å². The maximum Gasteiger partial charge on any atom is 0.263 e. The number of anilines is 1. The van der Waals surface area contributed by atoms with Crippen LogP contribution < -0.4 is 4.72 Å². The van der Waals surface area contributed by atoms with E-state index in [1.165, 1.54) is 29.7 Å². The molecule has 0 aliphatic rings. The summed E-state index contributed by atoms with van der Waals surface area (Å²) >= 11 is 7.16. The number of sulfonamides is 1. The van der Waals surface area contributed by atoms with Gasteiger partial charge in [0.2, 0.25) is 0 Å². The first-order valence-corrected chi connectivity index (χ1v) is 9.92. The van der Waals surface area contributed by atoms with Crippen molar-refractivity contribution >= 4 is 38.1 Å². The van der Waals surface area contributed by atoms with Gasteiger partial charge in [0, 0.05) is 16.6 Å². The van der Waals surface area contributed by atoms with E-state index in [0.29, 0.717) is 17.0 Å². The lowest BCUT2D eigenvalue weighted by molar-refractivity contribution is 0.601. The topological polar surface area (TPSA) is 82.8 Å². The maximum atomic E-state index is 12.4. The van der Waals surface area contributed by atoms with Crippen molar-refractivity contribution < 1.29 is 8.42 Å². The van der Waals surface area contributed by atoms with Crippen LogP contribution in [0.15, 0.2) is 58.9 Å². The van der Waals surface area contributed by atoms with Crippen LogP contribution in [0.5, 0.6) is 0 Å². The smallest absolute Gasteiger partial charge is 0.255 e. The van der Waals surface area contributed by atoms with Crippen molar-refractivity contribution in [1.29, 1.82) is 5.26 Å². The van der Waals surface area contributed by atoms with E-state index < -0.39 is 10.0 Å². The molecule has 0 saturated heterocycles. The van der Waals surface area contributed by atoms with Crippen molar-refractivity contribution in [2.45, 2.75) is 11.3 Å². The lowest BCUT2D eigenvalue weighted by atomic mass is 10.0. The standard InChI is InChI=1S/C17H12ClN3O2S2/c18-15-3-1-2-12(9-15)8-13-4-5-16(10-14(13)11-19)25(22,23)21-17-20-6-7-24-17/h1-7,9-10H,8H2,(H,20,21). The molecule has 0 aliphatic carbocycles. The normalized spacial score (nSPS) is 11.0. The third-order valence-corrected chi connectivity index (χ3v) is 5.84. The Morgan fingerprint density at radius 3 is 2.76 bits per heavy atom. The third kappa shape index (κ3) is 4.17. The molecule has 3 aromatic rings. The molecule has 0 saturated carbocycles. The van der Waals surface area contributed by atoms with Gasteiger partial charge in [0.25, 0.3) is 10.0 Å². The number of hydrogen-bond acceptors (Lipinski definition) is 5. The van der Waals surface area contributed by atoms with E-state index in [1.54, 1.807) is 17.5 Å². The van der Waals surface area contributed by atoms with Crippen LogP contribution >= 0.6 is 22.9 Å². The number of benzene rings is 2. The summed E-state index contributed by atoms with van der Waals surface area (Å²) < 4.78 is 27.2. The number of rotatable bonds is 5. The van der Waals surface area contributed by atoms with E-state index in [-0.39, 0.29) is 10.0 Å². The summed E-state index contributed by atoms with van der Waals surface area (Å²) in [6.45, 7) is 0. The number of nitriles is 1. The first-order valence-electron chi connectivity index (χ1n) is 7.18. The van der Waals surface area contributed by atoms with Gasteiger partial charge in [-0.2, -0.15) is 5.26 Å². The highest BCUT2D eigenvalue weighted by molar-refractivity contribution is 7.93. The predicted molar refractivity (Wildman–Crippen MR) is 98.3 cm³/mol. The van der Waals surface area contributed by atoms with Crippen LogP contribution in [0.2, 0.25) is 5.02 Å². The number of nitrogens with zero attached hydrogens (tertiary/aromatic N) is 2. The molecule has 126 valence electrons. The molecule has 0 unspecified atom stereocenters. The van der Waals surface area contributed by atoms with Gasteiger partial charge >= 0.3 is 0 Å². The van der Waals surface area contributed by atoms with Crippen molar-refractivity contribution in [3.05, 3.63) is 75.8 Å². The van der Waals surface area contributed by atoms with Crippen LogP contribution in [0.1, 0.15) is 16.7 Å². The minimum absolute atomic E-state index is 0.0223. The van der Waals surface area contributed by atoms with E-state index in [0.717, 1.165) is 11.1 Å². The van der Waals surface area contributed by atoms with Crippen LogP contribution in [0.3, 0.4) is 0 Å². The molecule has 3 rings (SSSR count). The SMILES string of the molecule is N#Cc1cc(S(=O)(=O)Nc2nccs2)ccc1Cc1cccc(Cl)c1. The summed E-state index contributed by atoms with van der Waals surface area (Å²) in [6.07, 6.45) is 2.00. The Bertz CT molecular complexity index is 1040. The number of aromatic nitrogens is 1. The largest absolute Gasteiger partial charge is 0.263 e. The van der Waals surface area contributed by atoms with Gasteiger partial charge in [0.1, 0.15) is 0 Å². The first-order chi connectivity index (χ1) is 12.0. The van der Waals surface area contributed by atoms with E-state index in [2.05, 4.69) is 15.8 Å². The van der Waals surface area contributed by atoms with Gasteiger partial charge in [-0.25, -0.2) is 13.4 Å². The van der Waals surface area contributed by atoms with Crippen LogP contribution in [0.25, 0.3) is 0 Å². The zero-order chi connectivity index (χ0) is 17.9. The van der Waals surface area contributed by atoms with Crippen LogP contribution in [0.4, 0.5) is 5.13 Å². The number of hydrogen-bond donors (Lipinski definition) is 1. The summed E-state index contributed by atoms with van der Waals surface area (Å²) in [5.41, 5.74) is 1.99. The van der Waals surface area contributed by atoms with Crippen molar-refractivity contribution in [2.75, 3.05) is 4.72 Å².